The van der Waals surface area contributed by atoms with E-state index in [1.165, 1.54) is 29.8 Å². The molecule has 25 heavy (non-hydrogen) atoms. The van der Waals surface area contributed by atoms with E-state index < -0.39 is 0 Å². The molecule has 0 bridgehead atoms. The molecule has 1 aromatic carbocycles. The number of anilines is 2. The van der Waals surface area contributed by atoms with Crippen LogP contribution in [0.15, 0.2) is 42.7 Å². The monoisotopic (exact) mass is 335 g/mol. The Balaban J connectivity index is 1.43. The van der Waals surface area contributed by atoms with Crippen molar-refractivity contribution in [1.82, 2.24) is 10.3 Å². The Morgan fingerprint density at radius 3 is 2.76 bits per heavy atom. The SMILES string of the molecule is O=C(CCC1CCNCC1)c1ccc2c(c1)CCN2c1ccncc1. The summed E-state index contributed by atoms with van der Waals surface area (Å²) in [4.78, 5) is 19.0. The lowest BCUT2D eigenvalue weighted by atomic mass is 9.91. The van der Waals surface area contributed by atoms with Gasteiger partial charge in [-0.2, -0.15) is 0 Å². The van der Waals surface area contributed by atoms with Gasteiger partial charge in [0.1, 0.15) is 0 Å². The van der Waals surface area contributed by atoms with E-state index in [1.54, 1.807) is 0 Å². The summed E-state index contributed by atoms with van der Waals surface area (Å²) in [6.07, 6.45) is 8.76. The maximum atomic E-state index is 12.6. The first-order chi connectivity index (χ1) is 12.3. The predicted octanol–water partition coefficient (Wildman–Crippen LogP) is 3.74. The molecule has 0 amide bonds. The summed E-state index contributed by atoms with van der Waals surface area (Å²) in [5, 5.41) is 3.39. The molecule has 2 aromatic rings. The zero-order valence-electron chi connectivity index (χ0n) is 14.6. The second-order valence-electron chi connectivity index (χ2n) is 7.11. The average Bonchev–Trinajstić information content (AvgIpc) is 3.11. The van der Waals surface area contributed by atoms with E-state index in [0.717, 1.165) is 38.0 Å². The van der Waals surface area contributed by atoms with Gasteiger partial charge in [0.2, 0.25) is 0 Å². The third kappa shape index (κ3) is 3.59. The van der Waals surface area contributed by atoms with Crippen LogP contribution in [-0.2, 0) is 6.42 Å². The van der Waals surface area contributed by atoms with Gasteiger partial charge >= 0.3 is 0 Å². The Kier molecular flexibility index (Phi) is 4.79. The first-order valence-electron chi connectivity index (χ1n) is 9.35. The smallest absolute Gasteiger partial charge is 0.162 e. The molecule has 1 N–H and O–H groups in total. The highest BCUT2D eigenvalue weighted by Crippen LogP contribution is 2.35. The summed E-state index contributed by atoms with van der Waals surface area (Å²) in [5.41, 5.74) is 4.55. The zero-order valence-corrected chi connectivity index (χ0v) is 14.6. The number of carbonyl (C=O) groups excluding carboxylic acids is 1. The largest absolute Gasteiger partial charge is 0.341 e. The Labute approximate surface area is 149 Å². The fraction of sp³-hybridized carbons (Fsp3) is 0.429. The molecule has 4 heteroatoms. The van der Waals surface area contributed by atoms with E-state index in [9.17, 15) is 4.79 Å². The summed E-state index contributed by atoms with van der Waals surface area (Å²) >= 11 is 0. The zero-order chi connectivity index (χ0) is 17.1. The molecular weight excluding hydrogens is 310 g/mol. The van der Waals surface area contributed by atoms with Crippen LogP contribution in [0.4, 0.5) is 11.4 Å². The highest BCUT2D eigenvalue weighted by atomic mass is 16.1. The number of benzene rings is 1. The number of hydrogen-bond donors (Lipinski definition) is 1. The summed E-state index contributed by atoms with van der Waals surface area (Å²) < 4.78 is 0. The van der Waals surface area contributed by atoms with E-state index in [4.69, 9.17) is 0 Å². The molecule has 0 atom stereocenters. The van der Waals surface area contributed by atoms with Crippen LogP contribution in [0.2, 0.25) is 0 Å². The van der Waals surface area contributed by atoms with Gasteiger partial charge in [-0.1, -0.05) is 0 Å². The van der Waals surface area contributed by atoms with Gasteiger partial charge in [-0.15, -0.1) is 0 Å². The third-order valence-electron chi connectivity index (χ3n) is 5.51. The lowest BCUT2D eigenvalue weighted by Gasteiger charge is -2.22. The number of pyridine rings is 1. The maximum absolute atomic E-state index is 12.6. The van der Waals surface area contributed by atoms with Crippen molar-refractivity contribution in [2.45, 2.75) is 32.1 Å². The van der Waals surface area contributed by atoms with E-state index in [-0.39, 0.29) is 0 Å². The second kappa shape index (κ2) is 7.36. The third-order valence-corrected chi connectivity index (χ3v) is 5.51. The molecule has 2 aliphatic heterocycles. The summed E-state index contributed by atoms with van der Waals surface area (Å²) in [5.74, 6) is 1.01. The molecule has 130 valence electrons. The number of carbonyl (C=O) groups is 1. The summed E-state index contributed by atoms with van der Waals surface area (Å²) in [6, 6.07) is 10.3. The summed E-state index contributed by atoms with van der Waals surface area (Å²) in [6.45, 7) is 3.16. The van der Waals surface area contributed by atoms with Gasteiger partial charge in [0.15, 0.2) is 5.78 Å². The number of ketones is 1. The van der Waals surface area contributed by atoms with Crippen molar-refractivity contribution in [3.8, 4) is 0 Å². The number of fused-ring (bicyclic) bond motifs is 1. The molecule has 2 aliphatic rings. The molecule has 1 saturated heterocycles. The Morgan fingerprint density at radius 2 is 1.96 bits per heavy atom. The van der Waals surface area contributed by atoms with Gasteiger partial charge in [0.05, 0.1) is 0 Å². The first kappa shape index (κ1) is 16.3. The standard InChI is InChI=1S/C21H25N3O/c25-21(4-1-16-5-10-22-11-6-16)18-2-3-20-17(15-18)9-14-24(20)19-7-12-23-13-8-19/h2-3,7-8,12-13,15-16,22H,1,4-6,9-11,14H2. The van der Waals surface area contributed by atoms with Crippen LogP contribution < -0.4 is 10.2 Å². The minimum absolute atomic E-state index is 0.295. The highest BCUT2D eigenvalue weighted by Gasteiger charge is 2.22. The number of Topliss-reactive ketones (excluding diaryl/α,β-unsaturated/α-hetero) is 1. The van der Waals surface area contributed by atoms with Gasteiger partial charge < -0.3 is 10.2 Å². The number of nitrogens with zero attached hydrogens (tertiary/aromatic N) is 2. The minimum atomic E-state index is 0.295. The topological polar surface area (TPSA) is 45.2 Å². The lowest BCUT2D eigenvalue weighted by molar-refractivity contribution is 0.0970. The van der Waals surface area contributed by atoms with Crippen molar-refractivity contribution in [3.05, 3.63) is 53.9 Å². The molecule has 1 aromatic heterocycles. The molecule has 0 spiro atoms. The van der Waals surface area contributed by atoms with Crippen LogP contribution >= 0.6 is 0 Å². The van der Waals surface area contributed by atoms with Crippen molar-refractivity contribution in [2.24, 2.45) is 5.92 Å². The van der Waals surface area contributed by atoms with Gasteiger partial charge in [-0.3, -0.25) is 9.78 Å². The van der Waals surface area contributed by atoms with Crippen molar-refractivity contribution < 1.29 is 4.79 Å². The van der Waals surface area contributed by atoms with E-state index in [2.05, 4.69) is 27.3 Å². The summed E-state index contributed by atoms with van der Waals surface area (Å²) in [7, 11) is 0. The molecular formula is C21H25N3O. The van der Waals surface area contributed by atoms with Crippen LogP contribution in [0.1, 0.15) is 41.6 Å². The molecule has 3 heterocycles. The fourth-order valence-electron chi connectivity index (χ4n) is 4.02. The predicted molar refractivity (Wildman–Crippen MR) is 101 cm³/mol. The normalized spacial score (nSPS) is 17.5. The van der Waals surface area contributed by atoms with Gasteiger partial charge in [-0.25, -0.2) is 0 Å². The molecule has 4 rings (SSSR count). The maximum Gasteiger partial charge on any atom is 0.162 e. The van der Waals surface area contributed by atoms with Crippen LogP contribution in [0.5, 0.6) is 0 Å². The molecule has 0 saturated carbocycles. The number of rotatable bonds is 5. The Hall–Kier alpha value is -2.20. The van der Waals surface area contributed by atoms with Crippen LogP contribution in [0.3, 0.4) is 0 Å². The van der Waals surface area contributed by atoms with Crippen LogP contribution in [0, 0.1) is 5.92 Å². The highest BCUT2D eigenvalue weighted by molar-refractivity contribution is 5.97. The van der Waals surface area contributed by atoms with Gasteiger partial charge in [0, 0.05) is 42.3 Å². The number of aromatic nitrogens is 1. The fourth-order valence-corrected chi connectivity index (χ4v) is 4.02. The van der Waals surface area contributed by atoms with E-state index in [1.807, 2.05) is 30.6 Å². The van der Waals surface area contributed by atoms with E-state index in [0.29, 0.717) is 18.1 Å². The van der Waals surface area contributed by atoms with Crippen molar-refractivity contribution in [3.63, 3.8) is 0 Å². The Bertz CT molecular complexity index is 738. The van der Waals surface area contributed by atoms with Crippen LogP contribution in [-0.4, -0.2) is 30.4 Å². The van der Waals surface area contributed by atoms with Gasteiger partial charge in [-0.05, 0) is 80.6 Å². The number of piperidine rings is 1. The Morgan fingerprint density at radius 1 is 1.16 bits per heavy atom. The molecule has 4 nitrogen and oxygen atoms in total. The molecule has 0 unspecified atom stereocenters. The molecule has 0 radical (unpaired) electrons. The number of hydrogen-bond acceptors (Lipinski definition) is 4. The molecule has 1 fully saturated rings. The average molecular weight is 335 g/mol. The van der Waals surface area contributed by atoms with Gasteiger partial charge in [0.25, 0.3) is 0 Å². The van der Waals surface area contributed by atoms with Crippen molar-refractivity contribution in [2.75, 3.05) is 24.5 Å². The quantitative estimate of drug-likeness (QED) is 0.846. The van der Waals surface area contributed by atoms with Crippen molar-refractivity contribution in [1.29, 1.82) is 0 Å². The van der Waals surface area contributed by atoms with Crippen molar-refractivity contribution >= 4 is 17.2 Å². The first-order valence-corrected chi connectivity index (χ1v) is 9.35. The minimum Gasteiger partial charge on any atom is -0.341 e. The number of nitrogens with one attached hydrogen (secondary N) is 1. The molecule has 0 aliphatic carbocycles. The lowest BCUT2D eigenvalue weighted by Crippen LogP contribution is -2.28. The van der Waals surface area contributed by atoms with Crippen LogP contribution in [0.25, 0.3) is 0 Å². The second-order valence-corrected chi connectivity index (χ2v) is 7.11. The van der Waals surface area contributed by atoms with E-state index >= 15 is 0 Å².